The van der Waals surface area contributed by atoms with E-state index in [2.05, 4.69) is 11.9 Å². The minimum atomic E-state index is -0.487. The smallest absolute Gasteiger partial charge is 0.0654 e. The van der Waals surface area contributed by atoms with Crippen LogP contribution >= 0.6 is 0 Å². The van der Waals surface area contributed by atoms with Gasteiger partial charge in [-0.15, -0.1) is 0 Å². The predicted molar refractivity (Wildman–Crippen MR) is 66.1 cm³/mol. The molecule has 1 unspecified atom stereocenters. The third-order valence-electron chi connectivity index (χ3n) is 2.97. The zero-order valence-electron chi connectivity index (χ0n) is 9.64. The van der Waals surface area contributed by atoms with Gasteiger partial charge in [-0.05, 0) is 36.6 Å². The molecule has 0 radical (unpaired) electrons. The van der Waals surface area contributed by atoms with Crippen LogP contribution in [0.5, 0.6) is 0 Å². The van der Waals surface area contributed by atoms with E-state index in [1.807, 2.05) is 49.5 Å². The van der Waals surface area contributed by atoms with Gasteiger partial charge >= 0.3 is 0 Å². The van der Waals surface area contributed by atoms with Gasteiger partial charge in [0.1, 0.15) is 0 Å². The molecule has 2 rings (SSSR count). The molecule has 2 aromatic rings. The molecule has 1 aromatic carbocycles. The highest BCUT2D eigenvalue weighted by Crippen LogP contribution is 2.27. The van der Waals surface area contributed by atoms with Crippen molar-refractivity contribution in [3.63, 3.8) is 0 Å². The highest BCUT2D eigenvalue weighted by molar-refractivity contribution is 5.39. The molecule has 0 aliphatic rings. The topological polar surface area (TPSA) is 38.9 Å². The van der Waals surface area contributed by atoms with Crippen molar-refractivity contribution in [2.24, 2.45) is 5.73 Å². The summed E-state index contributed by atoms with van der Waals surface area (Å²) >= 11 is 0. The zero-order chi connectivity index (χ0) is 11.6. The fourth-order valence-electron chi connectivity index (χ4n) is 1.95. The molecule has 0 spiro atoms. The largest absolute Gasteiger partial charge is 0.318 e. The number of hydrogen-bond donors (Lipinski definition) is 1. The van der Waals surface area contributed by atoms with Gasteiger partial charge in [0.25, 0.3) is 0 Å². The first kappa shape index (κ1) is 10.8. The van der Waals surface area contributed by atoms with Crippen LogP contribution in [0.25, 0.3) is 0 Å². The van der Waals surface area contributed by atoms with Crippen LogP contribution < -0.4 is 5.73 Å². The monoisotopic (exact) mass is 212 g/mol. The molecule has 0 bridgehead atoms. The van der Waals surface area contributed by atoms with E-state index in [-0.39, 0.29) is 0 Å². The summed E-state index contributed by atoms with van der Waals surface area (Å²) in [6.45, 7) is 4.08. The first-order chi connectivity index (χ1) is 7.62. The van der Waals surface area contributed by atoms with E-state index in [4.69, 9.17) is 5.73 Å². The Balaban J connectivity index is 2.51. The quantitative estimate of drug-likeness (QED) is 0.831. The molecule has 2 heteroatoms. The number of aromatic nitrogens is 1. The molecule has 16 heavy (non-hydrogen) atoms. The third-order valence-corrected chi connectivity index (χ3v) is 2.97. The van der Waals surface area contributed by atoms with Gasteiger partial charge in [-0.25, -0.2) is 0 Å². The summed E-state index contributed by atoms with van der Waals surface area (Å²) in [5.41, 5.74) is 9.28. The highest BCUT2D eigenvalue weighted by atomic mass is 14.7. The fourth-order valence-corrected chi connectivity index (χ4v) is 1.95. The second kappa shape index (κ2) is 4.06. The van der Waals surface area contributed by atoms with E-state index in [0.29, 0.717) is 0 Å². The van der Waals surface area contributed by atoms with Crippen molar-refractivity contribution in [2.75, 3.05) is 0 Å². The van der Waals surface area contributed by atoms with Gasteiger partial charge in [0.05, 0.1) is 5.54 Å². The lowest BCUT2D eigenvalue weighted by Crippen LogP contribution is -2.35. The van der Waals surface area contributed by atoms with Crippen molar-refractivity contribution in [2.45, 2.75) is 19.4 Å². The van der Waals surface area contributed by atoms with E-state index in [1.165, 1.54) is 5.56 Å². The number of benzene rings is 1. The summed E-state index contributed by atoms with van der Waals surface area (Å²) in [6, 6.07) is 12.1. The van der Waals surface area contributed by atoms with Crippen molar-refractivity contribution < 1.29 is 0 Å². The molecule has 0 amide bonds. The van der Waals surface area contributed by atoms with Crippen molar-refractivity contribution in [1.29, 1.82) is 0 Å². The van der Waals surface area contributed by atoms with Gasteiger partial charge in [0, 0.05) is 12.4 Å². The molecule has 1 heterocycles. The van der Waals surface area contributed by atoms with E-state index >= 15 is 0 Å². The SMILES string of the molecule is Cc1ccncc1C(C)(N)c1ccccc1. The van der Waals surface area contributed by atoms with Crippen molar-refractivity contribution in [3.8, 4) is 0 Å². The molecule has 2 nitrogen and oxygen atoms in total. The first-order valence-corrected chi connectivity index (χ1v) is 5.38. The number of rotatable bonds is 2. The van der Waals surface area contributed by atoms with E-state index in [0.717, 1.165) is 11.1 Å². The molecule has 0 aliphatic carbocycles. The van der Waals surface area contributed by atoms with Gasteiger partial charge in [-0.2, -0.15) is 0 Å². The van der Waals surface area contributed by atoms with Crippen molar-refractivity contribution in [1.82, 2.24) is 4.98 Å². The lowest BCUT2D eigenvalue weighted by atomic mass is 9.84. The molecule has 1 aromatic heterocycles. The average molecular weight is 212 g/mol. The summed E-state index contributed by atoms with van der Waals surface area (Å²) in [4.78, 5) is 4.16. The van der Waals surface area contributed by atoms with Gasteiger partial charge in [-0.3, -0.25) is 4.98 Å². The summed E-state index contributed by atoms with van der Waals surface area (Å²) < 4.78 is 0. The molecule has 0 saturated carbocycles. The van der Waals surface area contributed by atoms with Gasteiger partial charge in [-0.1, -0.05) is 30.3 Å². The summed E-state index contributed by atoms with van der Waals surface area (Å²) in [5, 5.41) is 0. The van der Waals surface area contributed by atoms with Crippen molar-refractivity contribution >= 4 is 0 Å². The summed E-state index contributed by atoms with van der Waals surface area (Å²) in [7, 11) is 0. The summed E-state index contributed by atoms with van der Waals surface area (Å²) in [5.74, 6) is 0. The third kappa shape index (κ3) is 1.84. The Morgan fingerprint density at radius 3 is 2.44 bits per heavy atom. The first-order valence-electron chi connectivity index (χ1n) is 5.38. The predicted octanol–water partition coefficient (Wildman–Crippen LogP) is 2.61. The average Bonchev–Trinajstić information content (AvgIpc) is 2.30. The summed E-state index contributed by atoms with van der Waals surface area (Å²) in [6.07, 6.45) is 3.64. The maximum atomic E-state index is 6.42. The van der Waals surface area contributed by atoms with Crippen LogP contribution in [0.1, 0.15) is 23.6 Å². The van der Waals surface area contributed by atoms with Crippen LogP contribution in [0.15, 0.2) is 48.8 Å². The number of pyridine rings is 1. The van der Waals surface area contributed by atoms with Crippen LogP contribution in [0.3, 0.4) is 0 Å². The van der Waals surface area contributed by atoms with E-state index in [1.54, 1.807) is 6.20 Å². The zero-order valence-corrected chi connectivity index (χ0v) is 9.64. The maximum Gasteiger partial charge on any atom is 0.0654 e. The normalized spacial score (nSPS) is 14.4. The molecule has 2 N–H and O–H groups in total. The highest BCUT2D eigenvalue weighted by Gasteiger charge is 2.25. The van der Waals surface area contributed by atoms with Gasteiger partial charge in [0.15, 0.2) is 0 Å². The molecule has 0 saturated heterocycles. The molecule has 82 valence electrons. The maximum absolute atomic E-state index is 6.42. The van der Waals surface area contributed by atoms with Crippen LogP contribution in [0.4, 0.5) is 0 Å². The second-order valence-corrected chi connectivity index (χ2v) is 4.26. The van der Waals surface area contributed by atoms with E-state index < -0.39 is 5.54 Å². The van der Waals surface area contributed by atoms with E-state index in [9.17, 15) is 0 Å². The Labute approximate surface area is 96.1 Å². The Hall–Kier alpha value is -1.67. The number of nitrogens with two attached hydrogens (primary N) is 1. The van der Waals surface area contributed by atoms with Crippen LogP contribution in [0, 0.1) is 6.92 Å². The Bertz CT molecular complexity index is 475. The van der Waals surface area contributed by atoms with Crippen molar-refractivity contribution in [3.05, 3.63) is 65.5 Å². The molecule has 0 aliphatic heterocycles. The number of aryl methyl sites for hydroxylation is 1. The van der Waals surface area contributed by atoms with Crippen LogP contribution in [0.2, 0.25) is 0 Å². The number of hydrogen-bond acceptors (Lipinski definition) is 2. The second-order valence-electron chi connectivity index (χ2n) is 4.26. The molecule has 0 fully saturated rings. The Morgan fingerprint density at radius 1 is 1.12 bits per heavy atom. The Kier molecular flexibility index (Phi) is 2.75. The lowest BCUT2D eigenvalue weighted by Gasteiger charge is -2.27. The minimum absolute atomic E-state index is 0.487. The van der Waals surface area contributed by atoms with Gasteiger partial charge < -0.3 is 5.73 Å². The fraction of sp³-hybridized carbons (Fsp3) is 0.214. The molecule has 1 atom stereocenters. The Morgan fingerprint density at radius 2 is 1.81 bits per heavy atom. The van der Waals surface area contributed by atoms with Crippen LogP contribution in [-0.2, 0) is 5.54 Å². The van der Waals surface area contributed by atoms with Crippen LogP contribution in [-0.4, -0.2) is 4.98 Å². The van der Waals surface area contributed by atoms with Gasteiger partial charge in [0.2, 0.25) is 0 Å². The minimum Gasteiger partial charge on any atom is -0.318 e. The lowest BCUT2D eigenvalue weighted by molar-refractivity contribution is 0.596. The molecular weight excluding hydrogens is 196 g/mol. The molecular formula is C14H16N2. The number of nitrogens with zero attached hydrogens (tertiary/aromatic N) is 1. The standard InChI is InChI=1S/C14H16N2/c1-11-8-9-16-10-13(11)14(2,15)12-6-4-3-5-7-12/h3-10H,15H2,1-2H3.